The molecule has 0 spiro atoms. The largest absolute Gasteiger partial charge is 0.396 e. The summed E-state index contributed by atoms with van der Waals surface area (Å²) in [5.74, 6) is -9.56. The SMILES string of the molecule is C/C(=C\C(=O)NCCC[C@@H]1NC(=O)[C@H](CCCNC(=O)/C=C(\C)CCO)NC(=O)[C@H](CCCNC(=O)/C=C(\C)CCO)NC(=O)[C@H](CCC(N)=O)NC(=O)CNC(=O)CNC(=O)CNC(=O)CNC1=O)CCO. The highest BCUT2D eigenvalue weighted by Crippen LogP contribution is 2.08. The van der Waals surface area contributed by atoms with E-state index in [2.05, 4.69) is 58.5 Å². The van der Waals surface area contributed by atoms with Gasteiger partial charge in [0.05, 0.1) is 26.2 Å². The highest BCUT2D eigenvalue weighted by atomic mass is 16.3. The van der Waals surface area contributed by atoms with Crippen molar-refractivity contribution in [2.45, 2.75) is 116 Å². The van der Waals surface area contributed by atoms with Crippen LogP contribution in [0.5, 0.6) is 0 Å². The van der Waals surface area contributed by atoms with Crippen molar-refractivity contribution in [2.24, 2.45) is 5.73 Å². The zero-order valence-electron chi connectivity index (χ0n) is 41.7. The predicted octanol–water partition coefficient (Wildman–Crippen LogP) is -5.66. The second-order valence-corrected chi connectivity index (χ2v) is 17.0. The summed E-state index contributed by atoms with van der Waals surface area (Å²) in [5, 5.41) is 54.6. The van der Waals surface area contributed by atoms with E-state index in [4.69, 9.17) is 10.8 Å². The number of carbonyl (C=O) groups excluding carboxylic acids is 12. The minimum absolute atomic E-state index is 0.00235. The first-order chi connectivity index (χ1) is 34.7. The van der Waals surface area contributed by atoms with Crippen molar-refractivity contribution in [1.29, 1.82) is 0 Å². The van der Waals surface area contributed by atoms with Crippen molar-refractivity contribution < 1.29 is 72.9 Å². The van der Waals surface area contributed by atoms with Gasteiger partial charge in [0.15, 0.2) is 0 Å². The Morgan fingerprint density at radius 2 is 0.753 bits per heavy atom. The van der Waals surface area contributed by atoms with Crippen LogP contribution in [-0.2, 0) is 57.5 Å². The summed E-state index contributed by atoms with van der Waals surface area (Å²) in [4.78, 5) is 156. The Morgan fingerprint density at radius 3 is 1.08 bits per heavy atom. The molecule has 0 saturated carbocycles. The third kappa shape index (κ3) is 30.3. The number of nitrogens with one attached hydrogen (secondary N) is 11. The lowest BCUT2D eigenvalue weighted by Crippen LogP contribution is -2.59. The number of aliphatic hydroxyl groups excluding tert-OH is 3. The zero-order valence-corrected chi connectivity index (χ0v) is 41.7. The monoisotopic (exact) mass is 1030 g/mol. The van der Waals surface area contributed by atoms with Gasteiger partial charge in [-0.15, -0.1) is 0 Å². The average Bonchev–Trinajstić information content (AvgIpc) is 3.32. The maximum atomic E-state index is 14.3. The van der Waals surface area contributed by atoms with E-state index in [-0.39, 0.29) is 104 Å². The lowest BCUT2D eigenvalue weighted by Gasteiger charge is -2.27. The van der Waals surface area contributed by atoms with E-state index >= 15 is 0 Å². The third-order valence-electron chi connectivity index (χ3n) is 10.5. The maximum absolute atomic E-state index is 14.3. The van der Waals surface area contributed by atoms with E-state index in [9.17, 15) is 67.7 Å². The van der Waals surface area contributed by atoms with E-state index in [0.29, 0.717) is 16.7 Å². The Bertz CT molecular complexity index is 2030. The molecule has 0 bridgehead atoms. The fraction of sp³-hybridized carbons (Fsp3) is 0.609. The summed E-state index contributed by atoms with van der Waals surface area (Å²) in [7, 11) is 0. The first kappa shape index (κ1) is 63.8. The van der Waals surface area contributed by atoms with Gasteiger partial charge in [-0.1, -0.05) is 16.7 Å². The molecule has 27 nitrogen and oxygen atoms in total. The van der Waals surface area contributed by atoms with Gasteiger partial charge in [-0.05, 0) is 85.0 Å². The second-order valence-electron chi connectivity index (χ2n) is 17.0. The average molecular weight is 1040 g/mol. The Hall–Kier alpha value is -7.26. The van der Waals surface area contributed by atoms with E-state index in [1.54, 1.807) is 20.8 Å². The lowest BCUT2D eigenvalue weighted by molar-refractivity contribution is -0.135. The molecule has 4 atom stereocenters. The smallest absolute Gasteiger partial charge is 0.243 e. The van der Waals surface area contributed by atoms with Crippen molar-refractivity contribution in [3.8, 4) is 0 Å². The normalized spacial score (nSPS) is 19.8. The number of rotatable bonds is 24. The molecule has 12 amide bonds. The fourth-order valence-corrected chi connectivity index (χ4v) is 6.56. The molecular weight excluding hydrogens is 961 g/mol. The van der Waals surface area contributed by atoms with Crippen LogP contribution in [-0.4, -0.2) is 176 Å². The van der Waals surface area contributed by atoms with E-state index in [1.807, 2.05) is 0 Å². The van der Waals surface area contributed by atoms with Crippen molar-refractivity contribution in [1.82, 2.24) is 58.5 Å². The first-order valence-electron chi connectivity index (χ1n) is 23.9. The van der Waals surface area contributed by atoms with Gasteiger partial charge in [-0.3, -0.25) is 57.5 Å². The summed E-state index contributed by atoms with van der Waals surface area (Å²) in [6.07, 6.45) is 3.42. The standard InChI is InChI=1S/C46H74N12O15/c1-28(12-18-59)21-36(63)48-15-4-7-31-43(70)54-26-41(68)52-24-39(66)51-25-40(67)53-27-42(69)55-34(10-11-35(47)62)46(73)58-33(9-6-17-50-38(65)23-30(3)14-20-61)45(72)57-32(44(71)56-31)8-5-16-49-37(64)22-29(2)13-19-60/h21-23,31-34,59-61H,4-20,24-27H2,1-3H3,(H2,47,62)(H,48,63)(H,49,64)(H,50,65)(H,51,66)(H,52,68)(H,53,67)(H,54,70)(H,55,69)(H,56,71)(H,57,72)(H,58,73)/b28-21+,29-22+,30-23+/t31-,32-,33-,34-/m0/s1. The minimum atomic E-state index is -1.53. The molecule has 0 unspecified atom stereocenters. The molecule has 1 aliphatic heterocycles. The van der Waals surface area contributed by atoms with Gasteiger partial charge in [-0.2, -0.15) is 0 Å². The molecule has 1 saturated heterocycles. The van der Waals surface area contributed by atoms with Crippen LogP contribution < -0.4 is 64.2 Å². The van der Waals surface area contributed by atoms with Crippen LogP contribution in [0.2, 0.25) is 0 Å². The number of aliphatic hydroxyl groups is 3. The van der Waals surface area contributed by atoms with Crippen LogP contribution in [0.25, 0.3) is 0 Å². The number of hydrogen-bond donors (Lipinski definition) is 15. The van der Waals surface area contributed by atoms with Crippen LogP contribution in [0.1, 0.15) is 91.4 Å². The Morgan fingerprint density at radius 1 is 0.452 bits per heavy atom. The Kier molecular flexibility index (Phi) is 32.0. The van der Waals surface area contributed by atoms with Crippen LogP contribution >= 0.6 is 0 Å². The van der Waals surface area contributed by atoms with E-state index in [1.165, 1.54) is 18.2 Å². The van der Waals surface area contributed by atoms with Gasteiger partial charge in [0.25, 0.3) is 0 Å². The molecule has 0 aromatic carbocycles. The first-order valence-corrected chi connectivity index (χ1v) is 23.9. The molecule has 1 rings (SSSR count). The molecule has 1 aliphatic rings. The molecule has 0 aliphatic carbocycles. The number of amides is 12. The summed E-state index contributed by atoms with van der Waals surface area (Å²) < 4.78 is 0. The van der Waals surface area contributed by atoms with Crippen LogP contribution in [0.3, 0.4) is 0 Å². The summed E-state index contributed by atoms with van der Waals surface area (Å²) >= 11 is 0. The number of carbonyl (C=O) groups is 12. The van der Waals surface area contributed by atoms with Gasteiger partial charge in [0.2, 0.25) is 70.9 Å². The Balaban J connectivity index is 3.74. The molecule has 0 aromatic heterocycles. The van der Waals surface area contributed by atoms with Gasteiger partial charge in [-0.25, -0.2) is 0 Å². The highest BCUT2D eigenvalue weighted by Gasteiger charge is 2.32. The molecule has 27 heteroatoms. The molecule has 0 aromatic rings. The molecule has 0 radical (unpaired) electrons. The van der Waals surface area contributed by atoms with Gasteiger partial charge >= 0.3 is 0 Å². The van der Waals surface area contributed by atoms with Gasteiger partial charge < -0.3 is 79.5 Å². The number of hydrogen-bond acceptors (Lipinski definition) is 15. The van der Waals surface area contributed by atoms with E-state index < -0.39 is 128 Å². The number of primary amides is 1. The lowest BCUT2D eigenvalue weighted by atomic mass is 10.0. The Labute approximate surface area is 423 Å². The van der Waals surface area contributed by atoms with Crippen LogP contribution in [0.4, 0.5) is 0 Å². The molecule has 16 N–H and O–H groups in total. The topological polar surface area (TPSA) is 424 Å². The molecule has 73 heavy (non-hydrogen) atoms. The summed E-state index contributed by atoms with van der Waals surface area (Å²) in [5.41, 5.74) is 7.11. The molecule has 408 valence electrons. The molecule has 1 fully saturated rings. The molecule has 1 heterocycles. The van der Waals surface area contributed by atoms with Crippen molar-refractivity contribution in [3.63, 3.8) is 0 Å². The predicted molar refractivity (Wildman–Crippen MR) is 261 cm³/mol. The van der Waals surface area contributed by atoms with Gasteiger partial charge in [0.1, 0.15) is 24.2 Å². The van der Waals surface area contributed by atoms with Crippen LogP contribution in [0, 0.1) is 0 Å². The quantitative estimate of drug-likeness (QED) is 0.0317. The molecular formula is C46H74N12O15. The van der Waals surface area contributed by atoms with Crippen LogP contribution in [0.15, 0.2) is 34.9 Å². The fourth-order valence-electron chi connectivity index (χ4n) is 6.56. The second kappa shape index (κ2) is 36.6. The van der Waals surface area contributed by atoms with Crippen molar-refractivity contribution in [3.05, 3.63) is 34.9 Å². The van der Waals surface area contributed by atoms with Crippen molar-refractivity contribution >= 4 is 70.9 Å². The van der Waals surface area contributed by atoms with E-state index in [0.717, 1.165) is 0 Å². The summed E-state index contributed by atoms with van der Waals surface area (Å²) in [6.45, 7) is 1.64. The van der Waals surface area contributed by atoms with Crippen molar-refractivity contribution in [2.75, 3.05) is 65.6 Å². The maximum Gasteiger partial charge on any atom is 0.243 e. The minimum Gasteiger partial charge on any atom is -0.396 e. The zero-order chi connectivity index (χ0) is 54.7. The third-order valence-corrected chi connectivity index (χ3v) is 10.5. The summed E-state index contributed by atoms with van der Waals surface area (Å²) in [6, 6.07) is -5.95. The highest BCUT2D eigenvalue weighted by molar-refractivity contribution is 5.97. The number of nitrogens with two attached hydrogens (primary N) is 1. The van der Waals surface area contributed by atoms with Gasteiger partial charge in [0, 0.05) is 64.1 Å².